The molecule has 1 N–H and O–H groups in total. The molecule has 2 unspecified atom stereocenters. The molecule has 0 radical (unpaired) electrons. The summed E-state index contributed by atoms with van der Waals surface area (Å²) in [5.41, 5.74) is 4.48. The first-order chi connectivity index (χ1) is 17.0. The summed E-state index contributed by atoms with van der Waals surface area (Å²) in [7, 11) is 0. The third kappa shape index (κ3) is 5.14. The van der Waals surface area contributed by atoms with Gasteiger partial charge in [-0.05, 0) is 60.2 Å². The quantitative estimate of drug-likeness (QED) is 0.351. The van der Waals surface area contributed by atoms with E-state index in [4.69, 9.17) is 9.47 Å². The molecule has 0 aromatic heterocycles. The van der Waals surface area contributed by atoms with E-state index in [1.165, 1.54) is 0 Å². The maximum absolute atomic E-state index is 12.6. The van der Waals surface area contributed by atoms with Crippen molar-refractivity contribution in [2.45, 2.75) is 32.3 Å². The van der Waals surface area contributed by atoms with Crippen molar-refractivity contribution in [3.63, 3.8) is 0 Å². The van der Waals surface area contributed by atoms with E-state index in [9.17, 15) is 9.59 Å². The Labute approximate surface area is 205 Å². The average molecular weight is 468 g/mol. The molecule has 1 heterocycles. The molecule has 0 spiro atoms. The molecule has 3 aromatic rings. The van der Waals surface area contributed by atoms with Crippen LogP contribution in [0.3, 0.4) is 0 Å². The van der Waals surface area contributed by atoms with Crippen LogP contribution in [0.1, 0.15) is 29.5 Å². The number of nitrogens with one attached hydrogen (secondary N) is 1. The van der Waals surface area contributed by atoms with E-state index in [0.717, 1.165) is 40.1 Å². The first-order valence-corrected chi connectivity index (χ1v) is 12.0. The standard InChI is InChI=1S/C30H29NO4/c1-21-15-25-20-35-29(33)30(25,17-21)18-23-7-11-26(12-8-23)31-28(32)16-22-9-13-27(14-10-22)34-19-24-5-3-2-4-6-24/h2-14,25H,1,15-20H2,(H,31,32). The van der Waals surface area contributed by atoms with E-state index in [1.807, 2.05) is 78.9 Å². The number of benzene rings is 3. The summed E-state index contributed by atoms with van der Waals surface area (Å²) in [5, 5.41) is 2.96. The van der Waals surface area contributed by atoms with Crippen molar-refractivity contribution >= 4 is 17.6 Å². The number of hydrogen-bond donors (Lipinski definition) is 1. The van der Waals surface area contributed by atoms with Gasteiger partial charge in [-0.2, -0.15) is 0 Å². The zero-order valence-electron chi connectivity index (χ0n) is 19.7. The van der Waals surface area contributed by atoms with Crippen molar-refractivity contribution in [1.29, 1.82) is 0 Å². The molecule has 2 fully saturated rings. The lowest BCUT2D eigenvalue weighted by atomic mass is 9.75. The second-order valence-electron chi connectivity index (χ2n) is 9.60. The topological polar surface area (TPSA) is 64.6 Å². The SMILES string of the molecule is C=C1CC2COC(=O)C2(Cc2ccc(NC(=O)Cc3ccc(OCc4ccccc4)cc3)cc2)C1. The van der Waals surface area contributed by atoms with Crippen LogP contribution in [0.5, 0.6) is 5.75 Å². The normalized spacial score (nSPS) is 20.9. The highest BCUT2D eigenvalue weighted by Gasteiger charge is 2.55. The fourth-order valence-electron chi connectivity index (χ4n) is 5.17. The number of allylic oxidation sites excluding steroid dienone is 1. The van der Waals surface area contributed by atoms with Gasteiger partial charge in [-0.1, -0.05) is 66.7 Å². The van der Waals surface area contributed by atoms with Crippen molar-refractivity contribution < 1.29 is 19.1 Å². The monoisotopic (exact) mass is 467 g/mol. The van der Waals surface area contributed by atoms with Gasteiger partial charge in [0.25, 0.3) is 0 Å². The molecule has 2 aliphatic rings. The van der Waals surface area contributed by atoms with Crippen LogP contribution in [0, 0.1) is 11.3 Å². The molecule has 1 aliphatic carbocycles. The molecular formula is C30H29NO4. The Balaban J connectivity index is 1.13. The average Bonchev–Trinajstić information content (AvgIpc) is 3.33. The zero-order valence-corrected chi connectivity index (χ0v) is 19.7. The van der Waals surface area contributed by atoms with Crippen molar-refractivity contribution in [2.75, 3.05) is 11.9 Å². The van der Waals surface area contributed by atoms with Gasteiger partial charge >= 0.3 is 5.97 Å². The van der Waals surface area contributed by atoms with Crippen LogP contribution in [0.2, 0.25) is 0 Å². The predicted molar refractivity (Wildman–Crippen MR) is 135 cm³/mol. The fraction of sp³-hybridized carbons (Fsp3) is 0.267. The van der Waals surface area contributed by atoms with E-state index in [0.29, 0.717) is 26.1 Å². The molecule has 178 valence electrons. The van der Waals surface area contributed by atoms with Gasteiger partial charge < -0.3 is 14.8 Å². The summed E-state index contributed by atoms with van der Waals surface area (Å²) >= 11 is 0. The fourth-order valence-corrected chi connectivity index (χ4v) is 5.17. The smallest absolute Gasteiger partial charge is 0.313 e. The second kappa shape index (κ2) is 9.79. The first kappa shape index (κ1) is 22.9. The summed E-state index contributed by atoms with van der Waals surface area (Å²) in [6.45, 7) is 5.10. The number of fused-ring (bicyclic) bond motifs is 1. The number of ether oxygens (including phenoxy) is 2. The summed E-state index contributed by atoms with van der Waals surface area (Å²) in [6.07, 6.45) is 2.48. The van der Waals surface area contributed by atoms with E-state index >= 15 is 0 Å². The first-order valence-electron chi connectivity index (χ1n) is 12.0. The number of rotatable bonds is 8. The Hall–Kier alpha value is -3.86. The van der Waals surface area contributed by atoms with Crippen molar-refractivity contribution in [1.82, 2.24) is 0 Å². The molecule has 5 rings (SSSR count). The van der Waals surface area contributed by atoms with Crippen molar-refractivity contribution in [3.05, 3.63) is 108 Å². The maximum atomic E-state index is 12.6. The summed E-state index contributed by atoms with van der Waals surface area (Å²) in [4.78, 5) is 25.1. The van der Waals surface area contributed by atoms with Gasteiger partial charge in [-0.25, -0.2) is 0 Å². The molecular weight excluding hydrogens is 438 g/mol. The molecule has 2 atom stereocenters. The third-order valence-electron chi connectivity index (χ3n) is 7.00. The number of esters is 1. The summed E-state index contributed by atoms with van der Waals surface area (Å²) in [6, 6.07) is 25.3. The summed E-state index contributed by atoms with van der Waals surface area (Å²) < 4.78 is 11.2. The predicted octanol–water partition coefficient (Wildman–Crippen LogP) is 5.50. The molecule has 5 nitrogen and oxygen atoms in total. The molecule has 5 heteroatoms. The number of hydrogen-bond acceptors (Lipinski definition) is 4. The van der Waals surface area contributed by atoms with Crippen LogP contribution in [-0.4, -0.2) is 18.5 Å². The van der Waals surface area contributed by atoms with Crippen LogP contribution >= 0.6 is 0 Å². The molecule has 1 aliphatic heterocycles. The molecule has 35 heavy (non-hydrogen) atoms. The summed E-state index contributed by atoms with van der Waals surface area (Å²) in [5.74, 6) is 0.806. The molecule has 1 amide bonds. The lowest BCUT2D eigenvalue weighted by Crippen LogP contribution is -2.31. The van der Waals surface area contributed by atoms with Gasteiger partial charge in [-0.3, -0.25) is 9.59 Å². The Morgan fingerprint density at radius 2 is 1.69 bits per heavy atom. The Morgan fingerprint density at radius 1 is 0.971 bits per heavy atom. The molecule has 3 aromatic carbocycles. The Morgan fingerprint density at radius 3 is 2.43 bits per heavy atom. The van der Waals surface area contributed by atoms with Crippen LogP contribution in [0.4, 0.5) is 5.69 Å². The zero-order chi connectivity index (χ0) is 24.3. The molecule has 1 saturated heterocycles. The van der Waals surface area contributed by atoms with Crippen molar-refractivity contribution in [3.8, 4) is 5.75 Å². The lowest BCUT2D eigenvalue weighted by Gasteiger charge is -2.24. The lowest BCUT2D eigenvalue weighted by molar-refractivity contribution is -0.146. The number of carbonyl (C=O) groups excluding carboxylic acids is 2. The van der Waals surface area contributed by atoms with Gasteiger partial charge in [0.05, 0.1) is 18.4 Å². The highest BCUT2D eigenvalue weighted by atomic mass is 16.5. The van der Waals surface area contributed by atoms with Crippen LogP contribution in [0.15, 0.2) is 91.0 Å². The largest absolute Gasteiger partial charge is 0.489 e. The molecule has 1 saturated carbocycles. The van der Waals surface area contributed by atoms with E-state index in [-0.39, 0.29) is 24.2 Å². The van der Waals surface area contributed by atoms with Crippen LogP contribution in [0.25, 0.3) is 0 Å². The second-order valence-corrected chi connectivity index (χ2v) is 9.60. The minimum atomic E-state index is -0.473. The number of carbonyl (C=O) groups is 2. The van der Waals surface area contributed by atoms with Gasteiger partial charge in [-0.15, -0.1) is 0 Å². The highest BCUT2D eigenvalue weighted by molar-refractivity contribution is 5.92. The van der Waals surface area contributed by atoms with Gasteiger partial charge in [0, 0.05) is 11.6 Å². The third-order valence-corrected chi connectivity index (χ3v) is 7.00. The van der Waals surface area contributed by atoms with E-state index in [2.05, 4.69) is 11.9 Å². The minimum absolute atomic E-state index is 0.0826. The number of cyclic esters (lactones) is 1. The van der Waals surface area contributed by atoms with Gasteiger partial charge in [0.2, 0.25) is 5.91 Å². The van der Waals surface area contributed by atoms with Gasteiger partial charge in [0.1, 0.15) is 12.4 Å². The number of amides is 1. The minimum Gasteiger partial charge on any atom is -0.489 e. The Bertz CT molecular complexity index is 1220. The van der Waals surface area contributed by atoms with Crippen LogP contribution < -0.4 is 10.1 Å². The van der Waals surface area contributed by atoms with Crippen LogP contribution in [-0.2, 0) is 33.8 Å². The Kier molecular flexibility index (Phi) is 6.41. The number of anilines is 1. The van der Waals surface area contributed by atoms with E-state index < -0.39 is 5.41 Å². The molecule has 0 bridgehead atoms. The van der Waals surface area contributed by atoms with Gasteiger partial charge in [0.15, 0.2) is 0 Å². The highest BCUT2D eigenvalue weighted by Crippen LogP contribution is 2.52. The maximum Gasteiger partial charge on any atom is 0.313 e. The van der Waals surface area contributed by atoms with Crippen molar-refractivity contribution in [2.24, 2.45) is 11.3 Å². The van der Waals surface area contributed by atoms with E-state index in [1.54, 1.807) is 0 Å².